The molecule has 0 aliphatic carbocycles. The Morgan fingerprint density at radius 3 is 2.86 bits per heavy atom. The van der Waals surface area contributed by atoms with E-state index in [1.54, 1.807) is 0 Å². The molecule has 0 radical (unpaired) electrons. The van der Waals surface area contributed by atoms with Gasteiger partial charge in [0.25, 0.3) is 0 Å². The van der Waals surface area contributed by atoms with Crippen LogP contribution < -0.4 is 5.32 Å². The molecule has 0 bridgehead atoms. The summed E-state index contributed by atoms with van der Waals surface area (Å²) in [5.41, 5.74) is 0.185. The standard InChI is InChI=1S/C13H12ClFN4O2/c1-2-5-16-13-17-7-11(19(20)21)12(18-13)8-3-4-10(15)9(14)6-8/h3-4,6-7H,2,5H2,1H3,(H,16,17,18). The Balaban J connectivity index is 2.51. The molecule has 21 heavy (non-hydrogen) atoms. The fourth-order valence-electron chi connectivity index (χ4n) is 1.69. The van der Waals surface area contributed by atoms with Crippen LogP contribution in [-0.4, -0.2) is 21.4 Å². The first kappa shape index (κ1) is 15.1. The number of halogens is 2. The Morgan fingerprint density at radius 1 is 1.48 bits per heavy atom. The van der Waals surface area contributed by atoms with Crippen LogP contribution in [0.15, 0.2) is 24.4 Å². The van der Waals surface area contributed by atoms with Gasteiger partial charge in [-0.1, -0.05) is 18.5 Å². The molecular weight excluding hydrogens is 299 g/mol. The third-order valence-electron chi connectivity index (χ3n) is 2.69. The highest BCUT2D eigenvalue weighted by Crippen LogP contribution is 2.30. The third-order valence-corrected chi connectivity index (χ3v) is 2.98. The van der Waals surface area contributed by atoms with Gasteiger partial charge in [0, 0.05) is 12.1 Å². The Labute approximate surface area is 125 Å². The minimum absolute atomic E-state index is 0.0931. The fraction of sp³-hybridized carbons (Fsp3) is 0.231. The van der Waals surface area contributed by atoms with Gasteiger partial charge in [-0.25, -0.2) is 14.4 Å². The van der Waals surface area contributed by atoms with Gasteiger partial charge in [0.15, 0.2) is 5.69 Å². The van der Waals surface area contributed by atoms with Gasteiger partial charge in [0.1, 0.15) is 12.0 Å². The van der Waals surface area contributed by atoms with Crippen LogP contribution in [0.3, 0.4) is 0 Å². The number of nitrogens with zero attached hydrogens (tertiary/aromatic N) is 3. The molecule has 0 saturated heterocycles. The highest BCUT2D eigenvalue weighted by Gasteiger charge is 2.19. The van der Waals surface area contributed by atoms with Gasteiger partial charge >= 0.3 is 5.69 Å². The van der Waals surface area contributed by atoms with Crippen LogP contribution in [0.1, 0.15) is 13.3 Å². The van der Waals surface area contributed by atoms with Crippen LogP contribution in [0, 0.1) is 15.9 Å². The summed E-state index contributed by atoms with van der Waals surface area (Å²) in [6.07, 6.45) is 1.98. The summed E-state index contributed by atoms with van der Waals surface area (Å²) in [4.78, 5) is 18.5. The molecule has 0 aliphatic rings. The summed E-state index contributed by atoms with van der Waals surface area (Å²) in [5.74, 6) is -0.320. The van der Waals surface area contributed by atoms with Gasteiger partial charge in [-0.2, -0.15) is 0 Å². The second-order valence-corrected chi connectivity index (χ2v) is 4.65. The zero-order valence-corrected chi connectivity index (χ0v) is 11.9. The maximum Gasteiger partial charge on any atom is 0.313 e. The van der Waals surface area contributed by atoms with Crippen LogP contribution in [0.5, 0.6) is 0 Å². The molecular formula is C13H12ClFN4O2. The second kappa shape index (κ2) is 6.45. The van der Waals surface area contributed by atoms with E-state index in [0.29, 0.717) is 12.1 Å². The Morgan fingerprint density at radius 2 is 2.24 bits per heavy atom. The molecule has 6 nitrogen and oxygen atoms in total. The lowest BCUT2D eigenvalue weighted by molar-refractivity contribution is -0.384. The average molecular weight is 311 g/mol. The predicted octanol–water partition coefficient (Wildman–Crippen LogP) is 3.67. The Kier molecular flexibility index (Phi) is 4.64. The lowest BCUT2D eigenvalue weighted by atomic mass is 10.1. The van der Waals surface area contributed by atoms with Crippen molar-refractivity contribution in [1.29, 1.82) is 0 Å². The molecule has 2 aromatic rings. The number of anilines is 1. The van der Waals surface area contributed by atoms with E-state index in [1.165, 1.54) is 12.1 Å². The van der Waals surface area contributed by atoms with Crippen molar-refractivity contribution in [3.63, 3.8) is 0 Å². The van der Waals surface area contributed by atoms with Crippen LogP contribution >= 0.6 is 11.6 Å². The van der Waals surface area contributed by atoms with Crippen molar-refractivity contribution in [2.24, 2.45) is 0 Å². The number of rotatable bonds is 5. The van der Waals surface area contributed by atoms with Crippen molar-refractivity contribution < 1.29 is 9.31 Å². The first-order valence-corrected chi connectivity index (χ1v) is 6.61. The van der Waals surface area contributed by atoms with Crippen LogP contribution in [0.2, 0.25) is 5.02 Å². The quantitative estimate of drug-likeness (QED) is 0.673. The van der Waals surface area contributed by atoms with E-state index in [0.717, 1.165) is 18.7 Å². The fourth-order valence-corrected chi connectivity index (χ4v) is 1.87. The van der Waals surface area contributed by atoms with Crippen molar-refractivity contribution in [3.05, 3.63) is 45.4 Å². The molecule has 1 heterocycles. The summed E-state index contributed by atoms with van der Waals surface area (Å²) in [5, 5.41) is 13.9. The Bertz CT molecular complexity index is 681. The summed E-state index contributed by atoms with van der Waals surface area (Å²) in [6.45, 7) is 2.61. The minimum atomic E-state index is -0.596. The molecule has 0 fully saturated rings. The normalized spacial score (nSPS) is 10.4. The highest BCUT2D eigenvalue weighted by molar-refractivity contribution is 6.31. The van der Waals surface area contributed by atoms with Gasteiger partial charge in [0.2, 0.25) is 5.95 Å². The summed E-state index contributed by atoms with van der Waals surface area (Å²) in [6, 6.07) is 3.83. The number of aromatic nitrogens is 2. The monoisotopic (exact) mass is 310 g/mol. The summed E-state index contributed by atoms with van der Waals surface area (Å²) < 4.78 is 13.2. The molecule has 1 aromatic carbocycles. The molecule has 0 aliphatic heterocycles. The molecule has 0 saturated carbocycles. The maximum atomic E-state index is 13.2. The number of hydrogen-bond acceptors (Lipinski definition) is 5. The molecule has 110 valence electrons. The molecule has 0 atom stereocenters. The zero-order valence-electron chi connectivity index (χ0n) is 11.1. The summed E-state index contributed by atoms with van der Waals surface area (Å²) >= 11 is 5.72. The maximum absolute atomic E-state index is 13.2. The number of nitrogens with one attached hydrogen (secondary N) is 1. The molecule has 0 spiro atoms. The topological polar surface area (TPSA) is 81.0 Å². The highest BCUT2D eigenvalue weighted by atomic mass is 35.5. The largest absolute Gasteiger partial charge is 0.354 e. The van der Waals surface area contributed by atoms with Gasteiger partial charge in [0.05, 0.1) is 9.95 Å². The molecule has 8 heteroatoms. The molecule has 0 unspecified atom stereocenters. The molecule has 1 N–H and O–H groups in total. The van der Waals surface area contributed by atoms with Gasteiger partial charge < -0.3 is 5.32 Å². The van der Waals surface area contributed by atoms with Gasteiger partial charge in [-0.3, -0.25) is 10.1 Å². The lowest BCUT2D eigenvalue weighted by Crippen LogP contribution is -2.06. The van der Waals surface area contributed by atoms with E-state index >= 15 is 0 Å². The second-order valence-electron chi connectivity index (χ2n) is 4.24. The van der Waals surface area contributed by atoms with Crippen molar-refractivity contribution in [3.8, 4) is 11.3 Å². The van der Waals surface area contributed by atoms with Crippen LogP contribution in [0.4, 0.5) is 16.0 Å². The van der Waals surface area contributed by atoms with Crippen molar-refractivity contribution in [2.75, 3.05) is 11.9 Å². The molecule has 1 aromatic heterocycles. The summed E-state index contributed by atoms with van der Waals surface area (Å²) in [7, 11) is 0. The average Bonchev–Trinajstić information content (AvgIpc) is 2.47. The van der Waals surface area contributed by atoms with E-state index < -0.39 is 10.7 Å². The van der Waals surface area contributed by atoms with Crippen LogP contribution in [-0.2, 0) is 0 Å². The Hall–Kier alpha value is -2.28. The SMILES string of the molecule is CCCNc1ncc([N+](=O)[O-])c(-c2ccc(F)c(Cl)c2)n1. The number of benzene rings is 1. The van der Waals surface area contributed by atoms with E-state index in [-0.39, 0.29) is 22.4 Å². The predicted molar refractivity (Wildman–Crippen MR) is 77.9 cm³/mol. The van der Waals surface area contributed by atoms with Gasteiger partial charge in [-0.05, 0) is 24.6 Å². The van der Waals surface area contributed by atoms with Crippen molar-refractivity contribution in [2.45, 2.75) is 13.3 Å². The van der Waals surface area contributed by atoms with Crippen molar-refractivity contribution >= 4 is 23.2 Å². The van der Waals surface area contributed by atoms with Crippen LogP contribution in [0.25, 0.3) is 11.3 Å². The van der Waals surface area contributed by atoms with Crippen molar-refractivity contribution in [1.82, 2.24) is 9.97 Å². The van der Waals surface area contributed by atoms with Gasteiger partial charge in [-0.15, -0.1) is 0 Å². The van der Waals surface area contributed by atoms with E-state index in [1.807, 2.05) is 6.92 Å². The molecule has 2 rings (SSSR count). The first-order chi connectivity index (χ1) is 10.0. The smallest absolute Gasteiger partial charge is 0.313 e. The minimum Gasteiger partial charge on any atom is -0.354 e. The first-order valence-electron chi connectivity index (χ1n) is 6.23. The lowest BCUT2D eigenvalue weighted by Gasteiger charge is -2.07. The molecule has 0 amide bonds. The van der Waals surface area contributed by atoms with E-state index in [4.69, 9.17) is 11.6 Å². The number of hydrogen-bond donors (Lipinski definition) is 1. The van der Waals surface area contributed by atoms with E-state index in [2.05, 4.69) is 15.3 Å². The number of nitro groups is 1. The zero-order chi connectivity index (χ0) is 15.4. The third kappa shape index (κ3) is 3.43. The van der Waals surface area contributed by atoms with E-state index in [9.17, 15) is 14.5 Å².